The minimum absolute atomic E-state index is 0.0990. The fourth-order valence-electron chi connectivity index (χ4n) is 5.50. The van der Waals surface area contributed by atoms with Crippen molar-refractivity contribution in [1.29, 1.82) is 0 Å². The molecule has 0 spiro atoms. The number of hydrogen-bond donors (Lipinski definition) is 1. The van der Waals surface area contributed by atoms with Crippen LogP contribution in [0.15, 0.2) is 55.0 Å². The number of H-pyrrole nitrogens is 1. The monoisotopic (exact) mass is 444 g/mol. The van der Waals surface area contributed by atoms with Crippen LogP contribution in [-0.2, 0) is 0 Å². The van der Waals surface area contributed by atoms with E-state index in [0.717, 1.165) is 48.0 Å². The van der Waals surface area contributed by atoms with E-state index in [0.29, 0.717) is 23.7 Å². The number of aromatic amines is 1. The Labute approximate surface area is 191 Å². The Hall–Kier alpha value is -3.39. The van der Waals surface area contributed by atoms with Crippen LogP contribution in [0.4, 0.5) is 4.39 Å². The maximum atomic E-state index is 13.8. The highest BCUT2D eigenvalue weighted by Crippen LogP contribution is 2.42. The summed E-state index contributed by atoms with van der Waals surface area (Å²) in [6.45, 7) is 2.20. The lowest BCUT2D eigenvalue weighted by molar-refractivity contribution is 0.0239. The first kappa shape index (κ1) is 20.2. The number of piperidine rings is 1. The molecule has 1 N–H and O–H groups in total. The van der Waals surface area contributed by atoms with Gasteiger partial charge in [0, 0.05) is 41.6 Å². The summed E-state index contributed by atoms with van der Waals surface area (Å²) >= 11 is 0. The molecule has 7 nitrogen and oxygen atoms in total. The Balaban J connectivity index is 1.19. The second-order valence-corrected chi connectivity index (χ2v) is 8.97. The summed E-state index contributed by atoms with van der Waals surface area (Å²) in [7, 11) is 0. The van der Waals surface area contributed by atoms with Gasteiger partial charge in [0.25, 0.3) is 0 Å². The second-order valence-electron chi connectivity index (χ2n) is 8.97. The highest BCUT2D eigenvalue weighted by molar-refractivity contribution is 5.84. The summed E-state index contributed by atoms with van der Waals surface area (Å²) in [6.07, 6.45) is 9.49. The molecule has 0 saturated carbocycles. The Morgan fingerprint density at radius 3 is 2.64 bits per heavy atom. The molecule has 2 bridgehead atoms. The van der Waals surface area contributed by atoms with Gasteiger partial charge in [0.05, 0.1) is 11.6 Å². The fourth-order valence-corrected chi connectivity index (χ4v) is 5.50. The summed E-state index contributed by atoms with van der Waals surface area (Å²) in [4.78, 5) is 15.7. The normalized spacial score (nSPS) is 23.6. The number of ether oxygens (including phenoxy) is 1. The van der Waals surface area contributed by atoms with Crippen LogP contribution >= 0.6 is 0 Å². The number of rotatable bonds is 5. The van der Waals surface area contributed by atoms with Crippen molar-refractivity contribution in [2.75, 3.05) is 0 Å². The van der Waals surface area contributed by atoms with E-state index >= 15 is 0 Å². The number of nitrogens with one attached hydrogen (secondary N) is 1. The van der Waals surface area contributed by atoms with Gasteiger partial charge in [-0.25, -0.2) is 9.37 Å². The minimum atomic E-state index is -0.276. The van der Waals surface area contributed by atoms with Gasteiger partial charge in [0.2, 0.25) is 0 Å². The first-order valence-electron chi connectivity index (χ1n) is 11.5. The first-order chi connectivity index (χ1) is 16.2. The van der Waals surface area contributed by atoms with Crippen LogP contribution in [0.3, 0.4) is 0 Å². The third-order valence-corrected chi connectivity index (χ3v) is 6.99. The van der Waals surface area contributed by atoms with E-state index in [4.69, 9.17) is 9.72 Å². The molecule has 5 heterocycles. The van der Waals surface area contributed by atoms with Gasteiger partial charge in [-0.15, -0.1) is 0 Å². The molecule has 3 atom stereocenters. The molecule has 3 aromatic heterocycles. The topological polar surface area (TPSA) is 79.8 Å². The highest BCUT2D eigenvalue weighted by atomic mass is 19.1. The lowest BCUT2D eigenvalue weighted by Crippen LogP contribution is -2.47. The molecular weight excluding hydrogens is 419 g/mol. The smallest absolute Gasteiger partial charge is 0.181 e. The van der Waals surface area contributed by atoms with Gasteiger partial charge in [0.15, 0.2) is 5.82 Å². The molecule has 0 radical (unpaired) electrons. The molecule has 8 heteroatoms. The zero-order valence-electron chi connectivity index (χ0n) is 18.4. The molecule has 2 saturated heterocycles. The van der Waals surface area contributed by atoms with Crippen molar-refractivity contribution in [1.82, 2.24) is 30.0 Å². The Bertz CT molecular complexity index is 1260. The van der Waals surface area contributed by atoms with Gasteiger partial charge >= 0.3 is 0 Å². The molecule has 168 valence electrons. The molecule has 2 fully saturated rings. The van der Waals surface area contributed by atoms with Crippen molar-refractivity contribution < 1.29 is 9.13 Å². The van der Waals surface area contributed by atoms with E-state index < -0.39 is 0 Å². The fraction of sp³-hybridized carbons (Fsp3) is 0.360. The largest absolute Gasteiger partial charge is 0.490 e. The van der Waals surface area contributed by atoms with Crippen LogP contribution < -0.4 is 4.74 Å². The van der Waals surface area contributed by atoms with E-state index in [9.17, 15) is 4.39 Å². The molecule has 1 aromatic carbocycles. The van der Waals surface area contributed by atoms with Crippen molar-refractivity contribution in [3.8, 4) is 17.1 Å². The first-order valence-corrected chi connectivity index (χ1v) is 11.5. The number of halogens is 1. The van der Waals surface area contributed by atoms with Crippen LogP contribution in [-0.4, -0.2) is 48.2 Å². The van der Waals surface area contributed by atoms with Crippen molar-refractivity contribution in [2.45, 2.75) is 56.8 Å². The quantitative estimate of drug-likeness (QED) is 0.481. The average Bonchev–Trinajstić information content (AvgIpc) is 3.43. The minimum Gasteiger partial charge on any atom is -0.490 e. The van der Waals surface area contributed by atoms with Crippen molar-refractivity contribution in [2.24, 2.45) is 0 Å². The maximum absolute atomic E-state index is 13.8. The zero-order valence-corrected chi connectivity index (χ0v) is 18.4. The predicted molar refractivity (Wildman–Crippen MR) is 122 cm³/mol. The van der Waals surface area contributed by atoms with Crippen LogP contribution in [0.2, 0.25) is 0 Å². The number of aromatic nitrogens is 5. The Morgan fingerprint density at radius 2 is 1.85 bits per heavy atom. The van der Waals surface area contributed by atoms with Crippen LogP contribution in [0, 0.1) is 5.82 Å². The van der Waals surface area contributed by atoms with Gasteiger partial charge in [-0.2, -0.15) is 5.10 Å². The van der Waals surface area contributed by atoms with Crippen molar-refractivity contribution in [3.63, 3.8) is 0 Å². The molecule has 3 unspecified atom stereocenters. The molecule has 6 rings (SSSR count). The maximum Gasteiger partial charge on any atom is 0.181 e. The number of fused-ring (bicyclic) bond motifs is 3. The molecule has 0 aliphatic carbocycles. The number of pyridine rings is 2. The summed E-state index contributed by atoms with van der Waals surface area (Å²) in [5, 5.41) is 8.31. The second kappa shape index (κ2) is 8.19. The molecule has 2 aliphatic rings. The standard InChI is InChI=1S/C25H25FN6O/c1-15(24-29-25(31-30-24)16-6-9-27-10-7-16)32-18-3-4-19(32)14-20(13-18)33-23-8-11-28-22-5-2-17(26)12-21(22)23/h2,5-12,15,18-20H,3-4,13-14H2,1H3,(H,29,30,31). The Morgan fingerprint density at radius 1 is 1.06 bits per heavy atom. The van der Waals surface area contributed by atoms with E-state index in [1.165, 1.54) is 12.1 Å². The van der Waals surface area contributed by atoms with Crippen LogP contribution in [0.25, 0.3) is 22.3 Å². The average molecular weight is 445 g/mol. The highest BCUT2D eigenvalue weighted by Gasteiger charge is 2.44. The molecule has 0 amide bonds. The molecular formula is C25H25FN6O. The van der Waals surface area contributed by atoms with Crippen LogP contribution in [0.1, 0.15) is 44.5 Å². The number of benzene rings is 1. The molecule has 4 aromatic rings. The number of hydrogen-bond acceptors (Lipinski definition) is 6. The summed E-state index contributed by atoms with van der Waals surface area (Å²) in [5.41, 5.74) is 1.70. The van der Waals surface area contributed by atoms with Crippen LogP contribution in [0.5, 0.6) is 5.75 Å². The van der Waals surface area contributed by atoms with Gasteiger partial charge in [-0.3, -0.25) is 20.0 Å². The summed E-state index contributed by atoms with van der Waals surface area (Å²) in [5.74, 6) is 2.01. The van der Waals surface area contributed by atoms with E-state index in [1.54, 1.807) is 24.7 Å². The lowest BCUT2D eigenvalue weighted by atomic mass is 9.97. The van der Waals surface area contributed by atoms with E-state index in [2.05, 4.69) is 32.0 Å². The SMILES string of the molecule is CC(c1nc(-c2ccncc2)n[nH]1)N1C2CCC1CC(Oc1ccnc3ccc(F)cc13)C2. The molecule has 2 aliphatic heterocycles. The zero-order chi connectivity index (χ0) is 22.4. The van der Waals surface area contributed by atoms with E-state index in [1.807, 2.05) is 18.2 Å². The van der Waals surface area contributed by atoms with Crippen molar-refractivity contribution in [3.05, 3.63) is 66.6 Å². The van der Waals surface area contributed by atoms with Gasteiger partial charge in [-0.05, 0) is 69.0 Å². The Kier molecular flexibility index (Phi) is 5.02. The predicted octanol–water partition coefficient (Wildman–Crippen LogP) is 4.69. The van der Waals surface area contributed by atoms with Crippen molar-refractivity contribution >= 4 is 10.9 Å². The summed E-state index contributed by atoms with van der Waals surface area (Å²) < 4.78 is 20.3. The number of nitrogens with zero attached hydrogens (tertiary/aromatic N) is 5. The van der Waals surface area contributed by atoms with Gasteiger partial charge in [-0.1, -0.05) is 0 Å². The van der Waals surface area contributed by atoms with E-state index in [-0.39, 0.29) is 18.0 Å². The summed E-state index contributed by atoms with van der Waals surface area (Å²) in [6, 6.07) is 11.3. The lowest BCUT2D eigenvalue weighted by Gasteiger charge is -2.41. The van der Waals surface area contributed by atoms with Gasteiger partial charge in [0.1, 0.15) is 23.5 Å². The third-order valence-electron chi connectivity index (χ3n) is 6.99. The van der Waals surface area contributed by atoms with Gasteiger partial charge < -0.3 is 4.74 Å². The molecule has 33 heavy (non-hydrogen) atoms. The third kappa shape index (κ3) is 3.74.